The summed E-state index contributed by atoms with van der Waals surface area (Å²) < 4.78 is 5.68. The first-order valence-electron chi connectivity index (χ1n) is 16.1. The number of benzene rings is 4. The van der Waals surface area contributed by atoms with Crippen molar-refractivity contribution in [3.8, 4) is 0 Å². The smallest absolute Gasteiger partial charge is 0.0369 e. The summed E-state index contributed by atoms with van der Waals surface area (Å²) in [4.78, 5) is 2.99. The minimum Gasteiger partial charge on any atom is -0.140 e. The van der Waals surface area contributed by atoms with Gasteiger partial charge in [-0.2, -0.15) is 0 Å². The molecule has 0 saturated carbocycles. The van der Waals surface area contributed by atoms with E-state index in [0.717, 1.165) is 25.7 Å². The normalized spacial score (nSPS) is 12.0. The zero-order valence-electron chi connectivity index (χ0n) is 25.4. The number of hydrogen-bond acceptors (Lipinski definition) is 3. The summed E-state index contributed by atoms with van der Waals surface area (Å²) in [6.07, 6.45) is 11.9. The Morgan fingerprint density at radius 1 is 0.419 bits per heavy atom. The standard InChI is InChI=1S/C40H40S3/c1-3-5-9-27-11-7-13-29(19-27)15-17-33-21-31-23-35-36-24-32-22-34(18-16-30-14-8-12-28(20-30)10-6-4-2)42-38(32)26-40(36)43-39(35)25-37(31)41-33/h7-8,11-14,19-26H,3-6,9-10,15-18H2,1-2H3. The Kier molecular flexibility index (Phi) is 8.66. The second-order valence-corrected chi connectivity index (χ2v) is 15.6. The van der Waals surface area contributed by atoms with E-state index in [2.05, 4.69) is 98.8 Å². The van der Waals surface area contributed by atoms with Gasteiger partial charge < -0.3 is 0 Å². The molecule has 0 N–H and O–H groups in total. The lowest BCUT2D eigenvalue weighted by molar-refractivity contribution is 0.793. The van der Waals surface area contributed by atoms with Crippen molar-refractivity contribution in [3.63, 3.8) is 0 Å². The summed E-state index contributed by atoms with van der Waals surface area (Å²) in [5, 5.41) is 5.63. The first-order valence-corrected chi connectivity index (χ1v) is 18.6. The third-order valence-corrected chi connectivity index (χ3v) is 12.2. The molecule has 4 aromatic carbocycles. The van der Waals surface area contributed by atoms with Crippen LogP contribution in [0.3, 0.4) is 0 Å². The Morgan fingerprint density at radius 2 is 0.860 bits per heavy atom. The fourth-order valence-electron chi connectivity index (χ4n) is 6.38. The van der Waals surface area contributed by atoms with E-state index in [1.165, 1.54) is 111 Å². The van der Waals surface area contributed by atoms with Crippen molar-refractivity contribution >= 4 is 74.4 Å². The summed E-state index contributed by atoms with van der Waals surface area (Å²) in [5.74, 6) is 0. The fraction of sp³-hybridized carbons (Fsp3) is 0.300. The first kappa shape index (κ1) is 28.8. The van der Waals surface area contributed by atoms with E-state index in [9.17, 15) is 0 Å². The van der Waals surface area contributed by atoms with Crippen LogP contribution in [0.5, 0.6) is 0 Å². The van der Waals surface area contributed by atoms with Gasteiger partial charge in [0.1, 0.15) is 0 Å². The topological polar surface area (TPSA) is 0 Å². The number of unbranched alkanes of at least 4 members (excludes halogenated alkanes) is 2. The monoisotopic (exact) mass is 616 g/mol. The van der Waals surface area contributed by atoms with Crippen molar-refractivity contribution in [2.75, 3.05) is 0 Å². The molecule has 7 aromatic rings. The fourth-order valence-corrected chi connectivity index (χ4v) is 9.85. The summed E-state index contributed by atoms with van der Waals surface area (Å²) in [6.45, 7) is 4.54. The molecule has 0 aliphatic rings. The van der Waals surface area contributed by atoms with Crippen LogP contribution >= 0.6 is 34.0 Å². The largest absolute Gasteiger partial charge is 0.140 e. The molecule has 0 radical (unpaired) electrons. The van der Waals surface area contributed by atoms with Gasteiger partial charge in [0, 0.05) is 39.3 Å². The van der Waals surface area contributed by atoms with Gasteiger partial charge in [-0.1, -0.05) is 75.2 Å². The number of fused-ring (bicyclic) bond motifs is 5. The Balaban J connectivity index is 1.09. The summed E-state index contributed by atoms with van der Waals surface area (Å²) in [6, 6.07) is 33.2. The maximum Gasteiger partial charge on any atom is 0.0369 e. The SMILES string of the molecule is CCCCc1cccc(CCc2cc3cc4c(cc3s2)sc2cc3sc(CCc5cccc(CCCC)c5)cc3cc24)c1. The molecule has 218 valence electrons. The Morgan fingerprint density at radius 3 is 1.30 bits per heavy atom. The van der Waals surface area contributed by atoms with Crippen LogP contribution in [0.25, 0.3) is 40.3 Å². The highest BCUT2D eigenvalue weighted by atomic mass is 32.1. The second kappa shape index (κ2) is 12.9. The van der Waals surface area contributed by atoms with Gasteiger partial charge in [0.05, 0.1) is 0 Å². The second-order valence-electron chi connectivity index (χ2n) is 12.1. The molecular weight excluding hydrogens is 577 g/mol. The predicted octanol–water partition coefficient (Wildman–Crippen LogP) is 12.7. The summed E-state index contributed by atoms with van der Waals surface area (Å²) in [7, 11) is 0. The number of thiophene rings is 3. The quantitative estimate of drug-likeness (QED) is 0.128. The molecule has 43 heavy (non-hydrogen) atoms. The van der Waals surface area contributed by atoms with Crippen LogP contribution in [0.15, 0.2) is 84.9 Å². The van der Waals surface area contributed by atoms with E-state index >= 15 is 0 Å². The summed E-state index contributed by atoms with van der Waals surface area (Å²) >= 11 is 5.93. The molecule has 7 rings (SSSR count). The van der Waals surface area contributed by atoms with E-state index in [1.807, 2.05) is 34.0 Å². The van der Waals surface area contributed by atoms with Crippen LogP contribution in [0.4, 0.5) is 0 Å². The number of hydrogen-bond donors (Lipinski definition) is 0. The van der Waals surface area contributed by atoms with Crippen molar-refractivity contribution in [2.24, 2.45) is 0 Å². The molecule has 0 nitrogen and oxygen atoms in total. The van der Waals surface area contributed by atoms with Crippen LogP contribution in [-0.4, -0.2) is 0 Å². The maximum atomic E-state index is 2.46. The van der Waals surface area contributed by atoms with Gasteiger partial charge >= 0.3 is 0 Å². The third-order valence-electron chi connectivity index (χ3n) is 8.79. The third kappa shape index (κ3) is 6.45. The lowest BCUT2D eigenvalue weighted by atomic mass is 10.0. The Hall–Kier alpha value is -2.98. The average molecular weight is 617 g/mol. The average Bonchev–Trinajstić information content (AvgIpc) is 3.72. The highest BCUT2D eigenvalue weighted by molar-refractivity contribution is 7.27. The van der Waals surface area contributed by atoms with E-state index in [4.69, 9.17) is 0 Å². The van der Waals surface area contributed by atoms with Crippen LogP contribution in [0, 0.1) is 0 Å². The first-order chi connectivity index (χ1) is 21.1. The zero-order valence-corrected chi connectivity index (χ0v) is 27.8. The van der Waals surface area contributed by atoms with Gasteiger partial charge in [0.15, 0.2) is 0 Å². The highest BCUT2D eigenvalue weighted by Gasteiger charge is 2.12. The molecule has 0 saturated heterocycles. The molecular formula is C40H40S3. The van der Waals surface area contributed by atoms with Crippen molar-refractivity contribution in [1.29, 1.82) is 0 Å². The molecule has 0 atom stereocenters. The van der Waals surface area contributed by atoms with Crippen molar-refractivity contribution in [2.45, 2.75) is 78.1 Å². The van der Waals surface area contributed by atoms with Gasteiger partial charge in [0.2, 0.25) is 0 Å². The molecule has 3 heteroatoms. The molecule has 0 amide bonds. The van der Waals surface area contributed by atoms with Gasteiger partial charge in [-0.25, -0.2) is 0 Å². The lowest BCUT2D eigenvalue weighted by Crippen LogP contribution is -1.91. The van der Waals surface area contributed by atoms with Gasteiger partial charge in [-0.15, -0.1) is 34.0 Å². The lowest BCUT2D eigenvalue weighted by Gasteiger charge is -2.04. The Labute approximate surface area is 268 Å². The van der Waals surface area contributed by atoms with E-state index in [-0.39, 0.29) is 0 Å². The molecule has 0 bridgehead atoms. The molecule has 3 aromatic heterocycles. The van der Waals surface area contributed by atoms with Crippen molar-refractivity contribution in [1.82, 2.24) is 0 Å². The van der Waals surface area contributed by atoms with Gasteiger partial charge in [-0.05, 0) is 121 Å². The van der Waals surface area contributed by atoms with Crippen LogP contribution < -0.4 is 0 Å². The van der Waals surface area contributed by atoms with Crippen molar-refractivity contribution < 1.29 is 0 Å². The van der Waals surface area contributed by atoms with E-state index in [1.54, 1.807) is 0 Å². The highest BCUT2D eigenvalue weighted by Crippen LogP contribution is 2.42. The van der Waals surface area contributed by atoms with E-state index in [0.29, 0.717) is 0 Å². The zero-order chi connectivity index (χ0) is 29.2. The van der Waals surface area contributed by atoms with Gasteiger partial charge in [0.25, 0.3) is 0 Å². The van der Waals surface area contributed by atoms with Crippen LogP contribution in [0.1, 0.15) is 71.5 Å². The Bertz CT molecular complexity index is 1870. The molecule has 3 heterocycles. The minimum absolute atomic E-state index is 1.12. The molecule has 0 aliphatic carbocycles. The number of aryl methyl sites for hydroxylation is 6. The number of rotatable bonds is 12. The van der Waals surface area contributed by atoms with Gasteiger partial charge in [-0.3, -0.25) is 0 Å². The van der Waals surface area contributed by atoms with E-state index < -0.39 is 0 Å². The molecule has 0 spiro atoms. The summed E-state index contributed by atoms with van der Waals surface area (Å²) in [5.41, 5.74) is 5.92. The molecule has 0 fully saturated rings. The maximum absolute atomic E-state index is 2.46. The van der Waals surface area contributed by atoms with Crippen LogP contribution in [0.2, 0.25) is 0 Å². The molecule has 0 aliphatic heterocycles. The van der Waals surface area contributed by atoms with Crippen molar-refractivity contribution in [3.05, 3.63) is 117 Å². The minimum atomic E-state index is 1.12. The molecule has 0 unspecified atom stereocenters. The predicted molar refractivity (Wildman–Crippen MR) is 195 cm³/mol. The van der Waals surface area contributed by atoms with Crippen LogP contribution in [-0.2, 0) is 38.5 Å².